The molecule has 0 saturated heterocycles. The van der Waals surface area contributed by atoms with Gasteiger partial charge in [0.1, 0.15) is 0 Å². The second-order valence-corrected chi connectivity index (χ2v) is 2.10. The third kappa shape index (κ3) is 17.7. The summed E-state index contributed by atoms with van der Waals surface area (Å²) >= 11 is 0. The first kappa shape index (κ1) is 13.0. The Kier molecular flexibility index (Phi) is 14.3. The van der Waals surface area contributed by atoms with Crippen molar-refractivity contribution in [2.24, 2.45) is 0 Å². The Morgan fingerprint density at radius 1 is 1.64 bits per heavy atom. The first-order valence-corrected chi connectivity index (χ1v) is 3.63. The van der Waals surface area contributed by atoms with Crippen LogP contribution in [0.4, 0.5) is 0 Å². The van der Waals surface area contributed by atoms with Gasteiger partial charge in [-0.15, -0.1) is 0 Å². The lowest BCUT2D eigenvalue weighted by Gasteiger charge is -2.11. The normalized spacial score (nSPS) is 8.73. The zero-order valence-corrected chi connectivity index (χ0v) is 7.50. The van der Waals surface area contributed by atoms with Gasteiger partial charge in [-0.1, -0.05) is 6.92 Å². The topological polar surface area (TPSA) is 52.6 Å². The van der Waals surface area contributed by atoms with Crippen molar-refractivity contribution in [2.75, 3.05) is 33.7 Å². The van der Waals surface area contributed by atoms with Crippen LogP contribution in [0, 0.1) is 0 Å². The van der Waals surface area contributed by atoms with E-state index in [1.54, 1.807) is 0 Å². The molecule has 68 valence electrons. The van der Waals surface area contributed by atoms with E-state index in [9.17, 15) is 0 Å². The number of carbonyl (C=O) groups is 1. The van der Waals surface area contributed by atoms with Crippen molar-refractivity contribution >= 4 is 6.47 Å². The van der Waals surface area contributed by atoms with Gasteiger partial charge >= 0.3 is 0 Å². The summed E-state index contributed by atoms with van der Waals surface area (Å²) in [5, 5.41) is 9.98. The molecule has 0 unspecified atom stereocenters. The van der Waals surface area contributed by atoms with Gasteiger partial charge in [0.2, 0.25) is 0 Å². The molecule has 11 heavy (non-hydrogen) atoms. The molecular weight excluding hydrogens is 144 g/mol. The molecule has 0 amide bonds. The Morgan fingerprint density at radius 3 is 2.36 bits per heavy atom. The summed E-state index contributed by atoms with van der Waals surface area (Å²) in [6.45, 7) is 5.29. The molecule has 0 heterocycles. The molecule has 4 heteroatoms. The fourth-order valence-corrected chi connectivity index (χ4v) is 0.461. The van der Waals surface area contributed by atoms with Gasteiger partial charge in [-0.3, -0.25) is 4.79 Å². The highest BCUT2D eigenvalue weighted by Gasteiger charge is 1.88. The predicted octanol–water partition coefficient (Wildman–Crippen LogP) is -0.142. The minimum Gasteiger partial charge on any atom is -0.483 e. The predicted molar refractivity (Wildman–Crippen MR) is 45.8 cm³/mol. The number of hydrogen-bond acceptors (Lipinski definition) is 3. The summed E-state index contributed by atoms with van der Waals surface area (Å²) in [7, 11) is 4.10. The van der Waals surface area contributed by atoms with E-state index in [1.807, 2.05) is 7.05 Å². The van der Waals surface area contributed by atoms with Gasteiger partial charge in [0, 0.05) is 13.1 Å². The van der Waals surface area contributed by atoms with Gasteiger partial charge in [-0.2, -0.15) is 0 Å². The fraction of sp³-hybridized carbons (Fsp3) is 0.857. The van der Waals surface area contributed by atoms with E-state index in [2.05, 4.69) is 24.2 Å². The van der Waals surface area contributed by atoms with Gasteiger partial charge in [-0.25, -0.2) is 0 Å². The van der Waals surface area contributed by atoms with Crippen LogP contribution in [0.5, 0.6) is 0 Å². The maximum atomic E-state index is 8.36. The van der Waals surface area contributed by atoms with Crippen LogP contribution >= 0.6 is 0 Å². The molecule has 0 atom stereocenters. The zero-order valence-electron chi connectivity index (χ0n) is 7.50. The standard InChI is InChI=1S/C6H16N2.CH2O2/c1-4-8(3)6-5-7-2;2-1-3/h7H,4-6H2,1-3H3;1H,(H,2,3). The van der Waals surface area contributed by atoms with Crippen LogP contribution in [0.1, 0.15) is 6.92 Å². The number of nitrogens with one attached hydrogen (secondary N) is 1. The van der Waals surface area contributed by atoms with E-state index in [-0.39, 0.29) is 6.47 Å². The zero-order chi connectivity index (χ0) is 9.11. The van der Waals surface area contributed by atoms with Crippen LogP contribution in [-0.4, -0.2) is 50.2 Å². The molecule has 0 aliphatic rings. The molecule has 0 aliphatic heterocycles. The molecular formula is C7H18N2O2. The van der Waals surface area contributed by atoms with Crippen LogP contribution in [-0.2, 0) is 4.79 Å². The molecule has 4 nitrogen and oxygen atoms in total. The molecule has 0 rings (SSSR count). The third-order valence-corrected chi connectivity index (χ3v) is 1.28. The van der Waals surface area contributed by atoms with Gasteiger partial charge in [-0.05, 0) is 20.6 Å². The number of nitrogens with zero attached hydrogens (tertiary/aromatic N) is 1. The van der Waals surface area contributed by atoms with E-state index in [0.717, 1.165) is 19.6 Å². The maximum Gasteiger partial charge on any atom is 0.290 e. The third-order valence-electron chi connectivity index (χ3n) is 1.28. The summed E-state index contributed by atoms with van der Waals surface area (Å²) in [5.74, 6) is 0. The highest BCUT2D eigenvalue weighted by Crippen LogP contribution is 1.75. The highest BCUT2D eigenvalue weighted by molar-refractivity contribution is 5.32. The van der Waals surface area contributed by atoms with E-state index in [0.29, 0.717) is 0 Å². The molecule has 0 aromatic rings. The SMILES string of the molecule is CCN(C)CCNC.O=CO. The molecule has 0 saturated carbocycles. The van der Waals surface area contributed by atoms with Crippen molar-refractivity contribution in [3.8, 4) is 0 Å². The minimum atomic E-state index is -0.250. The van der Waals surface area contributed by atoms with Crippen LogP contribution in [0.15, 0.2) is 0 Å². The number of likely N-dealkylation sites (N-methyl/N-ethyl adjacent to an activating group) is 2. The second kappa shape index (κ2) is 12.1. The van der Waals surface area contributed by atoms with Gasteiger partial charge in [0.15, 0.2) is 0 Å². The average molecular weight is 162 g/mol. The Balaban J connectivity index is 0. The Bertz CT molecular complexity index is 78.8. The minimum absolute atomic E-state index is 0.250. The van der Waals surface area contributed by atoms with Crippen molar-refractivity contribution in [1.29, 1.82) is 0 Å². The van der Waals surface area contributed by atoms with Gasteiger partial charge in [0.05, 0.1) is 0 Å². The average Bonchev–Trinajstić information content (AvgIpc) is 2.02. The Labute approximate surface area is 68.2 Å². The molecule has 0 spiro atoms. The molecule has 0 fully saturated rings. The molecule has 2 N–H and O–H groups in total. The van der Waals surface area contributed by atoms with Gasteiger partial charge < -0.3 is 15.3 Å². The molecule has 0 aromatic heterocycles. The number of hydrogen-bond donors (Lipinski definition) is 2. The first-order valence-electron chi connectivity index (χ1n) is 3.63. The van der Waals surface area contributed by atoms with Crippen molar-refractivity contribution in [2.45, 2.75) is 6.92 Å². The fourth-order valence-electron chi connectivity index (χ4n) is 0.461. The van der Waals surface area contributed by atoms with E-state index < -0.39 is 0 Å². The van der Waals surface area contributed by atoms with Crippen molar-refractivity contribution < 1.29 is 9.90 Å². The lowest BCUT2D eigenvalue weighted by Crippen LogP contribution is -2.26. The van der Waals surface area contributed by atoms with E-state index >= 15 is 0 Å². The smallest absolute Gasteiger partial charge is 0.290 e. The summed E-state index contributed by atoms with van der Waals surface area (Å²) in [5.41, 5.74) is 0. The Hall–Kier alpha value is -0.610. The summed E-state index contributed by atoms with van der Waals surface area (Å²) in [6.07, 6.45) is 0. The number of rotatable bonds is 4. The maximum absolute atomic E-state index is 8.36. The van der Waals surface area contributed by atoms with Crippen LogP contribution in [0.25, 0.3) is 0 Å². The highest BCUT2D eigenvalue weighted by atomic mass is 16.3. The summed E-state index contributed by atoms with van der Waals surface area (Å²) in [4.78, 5) is 10.6. The lowest BCUT2D eigenvalue weighted by molar-refractivity contribution is -0.122. The van der Waals surface area contributed by atoms with Gasteiger partial charge in [0.25, 0.3) is 6.47 Å². The second-order valence-electron chi connectivity index (χ2n) is 2.10. The summed E-state index contributed by atoms with van der Waals surface area (Å²) < 4.78 is 0. The number of carboxylic acid groups (broad SMARTS) is 1. The molecule has 0 radical (unpaired) electrons. The summed E-state index contributed by atoms with van der Waals surface area (Å²) in [6, 6.07) is 0. The molecule has 0 bridgehead atoms. The molecule has 0 aromatic carbocycles. The van der Waals surface area contributed by atoms with Crippen LogP contribution < -0.4 is 5.32 Å². The lowest BCUT2D eigenvalue weighted by atomic mass is 10.5. The quantitative estimate of drug-likeness (QED) is 0.565. The van der Waals surface area contributed by atoms with Crippen molar-refractivity contribution in [3.63, 3.8) is 0 Å². The van der Waals surface area contributed by atoms with E-state index in [4.69, 9.17) is 9.90 Å². The monoisotopic (exact) mass is 162 g/mol. The van der Waals surface area contributed by atoms with Crippen molar-refractivity contribution in [1.82, 2.24) is 10.2 Å². The Morgan fingerprint density at radius 2 is 2.09 bits per heavy atom. The molecule has 0 aliphatic carbocycles. The van der Waals surface area contributed by atoms with Crippen LogP contribution in [0.2, 0.25) is 0 Å². The van der Waals surface area contributed by atoms with Crippen molar-refractivity contribution in [3.05, 3.63) is 0 Å². The first-order chi connectivity index (χ1) is 5.22. The van der Waals surface area contributed by atoms with E-state index in [1.165, 1.54) is 0 Å². The van der Waals surface area contributed by atoms with Crippen LogP contribution in [0.3, 0.4) is 0 Å². The largest absolute Gasteiger partial charge is 0.483 e.